The van der Waals surface area contributed by atoms with Crippen molar-refractivity contribution in [3.05, 3.63) is 94.3 Å². The van der Waals surface area contributed by atoms with Crippen molar-refractivity contribution in [2.24, 2.45) is 0 Å². The van der Waals surface area contributed by atoms with Gasteiger partial charge in [-0.15, -0.1) is 0 Å². The molecule has 1 fully saturated rings. The average molecular weight is 395 g/mol. The summed E-state index contributed by atoms with van der Waals surface area (Å²) >= 11 is 0. The maximum atomic E-state index is 12.9. The lowest BCUT2D eigenvalue weighted by atomic mass is 10.2. The number of piperazine rings is 1. The van der Waals surface area contributed by atoms with Gasteiger partial charge in [0, 0.05) is 11.8 Å². The van der Waals surface area contributed by atoms with Gasteiger partial charge in [-0.1, -0.05) is 30.3 Å². The quantitative estimate of drug-likeness (QED) is 0.696. The SMILES string of the molecule is O=c1cc(C[NH+]2CCN(c3ccccc3)CC2)occ1OCc1ccc(F)cc1. The molecule has 1 aliphatic rings. The molecule has 1 aromatic heterocycles. The van der Waals surface area contributed by atoms with Crippen molar-refractivity contribution >= 4 is 5.69 Å². The topological polar surface area (TPSA) is 47.1 Å². The zero-order valence-corrected chi connectivity index (χ0v) is 16.1. The van der Waals surface area contributed by atoms with Gasteiger partial charge in [0.2, 0.25) is 11.2 Å². The molecule has 6 heteroatoms. The number of quaternary nitrogens is 1. The molecular formula is C23H24FN2O3+. The van der Waals surface area contributed by atoms with Crippen LogP contribution < -0.4 is 20.0 Å². The van der Waals surface area contributed by atoms with Gasteiger partial charge < -0.3 is 19.0 Å². The van der Waals surface area contributed by atoms with Gasteiger partial charge >= 0.3 is 0 Å². The van der Waals surface area contributed by atoms with E-state index in [0.29, 0.717) is 12.3 Å². The second-order valence-electron chi connectivity index (χ2n) is 7.24. The molecule has 0 unspecified atom stereocenters. The van der Waals surface area contributed by atoms with Crippen LogP contribution in [-0.4, -0.2) is 26.2 Å². The lowest BCUT2D eigenvalue weighted by Crippen LogP contribution is -3.13. The number of para-hydroxylation sites is 1. The molecule has 150 valence electrons. The predicted octanol–water partition coefficient (Wildman–Crippen LogP) is 2.26. The molecule has 0 saturated carbocycles. The van der Waals surface area contributed by atoms with Crippen molar-refractivity contribution in [1.29, 1.82) is 0 Å². The van der Waals surface area contributed by atoms with Crippen LogP contribution in [0.3, 0.4) is 0 Å². The molecule has 29 heavy (non-hydrogen) atoms. The van der Waals surface area contributed by atoms with E-state index in [9.17, 15) is 9.18 Å². The first-order valence-corrected chi connectivity index (χ1v) is 9.80. The van der Waals surface area contributed by atoms with E-state index in [0.717, 1.165) is 31.7 Å². The molecule has 0 bridgehead atoms. The summed E-state index contributed by atoms with van der Waals surface area (Å²) in [7, 11) is 0. The number of nitrogens with zero attached hydrogens (tertiary/aromatic N) is 1. The molecule has 3 aromatic rings. The minimum Gasteiger partial charge on any atom is -0.482 e. The summed E-state index contributed by atoms with van der Waals surface area (Å²) in [5, 5.41) is 0. The van der Waals surface area contributed by atoms with Gasteiger partial charge in [-0.05, 0) is 29.8 Å². The molecule has 5 nitrogen and oxygen atoms in total. The Hall–Kier alpha value is -3.12. The Balaban J connectivity index is 1.30. The van der Waals surface area contributed by atoms with Crippen molar-refractivity contribution in [3.63, 3.8) is 0 Å². The third-order valence-corrected chi connectivity index (χ3v) is 5.18. The number of rotatable bonds is 6. The van der Waals surface area contributed by atoms with Crippen molar-refractivity contribution in [1.82, 2.24) is 0 Å². The number of hydrogen-bond donors (Lipinski definition) is 1. The van der Waals surface area contributed by atoms with Crippen molar-refractivity contribution in [2.75, 3.05) is 31.1 Å². The molecule has 0 amide bonds. The normalized spacial score (nSPS) is 14.7. The van der Waals surface area contributed by atoms with Gasteiger partial charge in [0.25, 0.3) is 0 Å². The van der Waals surface area contributed by atoms with E-state index in [2.05, 4.69) is 29.2 Å². The van der Waals surface area contributed by atoms with Crippen LogP contribution in [0.25, 0.3) is 0 Å². The average Bonchev–Trinajstić information content (AvgIpc) is 2.75. The molecule has 2 aromatic carbocycles. The Kier molecular flexibility index (Phi) is 5.91. The third kappa shape index (κ3) is 5.03. The Morgan fingerprint density at radius 3 is 2.45 bits per heavy atom. The van der Waals surface area contributed by atoms with Crippen LogP contribution >= 0.6 is 0 Å². The number of anilines is 1. The van der Waals surface area contributed by atoms with E-state index >= 15 is 0 Å². The Bertz CT molecular complexity index is 981. The molecular weight excluding hydrogens is 371 g/mol. The second-order valence-corrected chi connectivity index (χ2v) is 7.24. The van der Waals surface area contributed by atoms with Gasteiger partial charge in [0.15, 0.2) is 5.76 Å². The lowest BCUT2D eigenvalue weighted by Gasteiger charge is -2.33. The molecule has 2 heterocycles. The second kappa shape index (κ2) is 8.92. The molecule has 1 N–H and O–H groups in total. The van der Waals surface area contributed by atoms with Crippen molar-refractivity contribution in [2.45, 2.75) is 13.2 Å². The maximum absolute atomic E-state index is 12.9. The van der Waals surface area contributed by atoms with Crippen LogP contribution in [0, 0.1) is 5.82 Å². The summed E-state index contributed by atoms with van der Waals surface area (Å²) in [6.07, 6.45) is 1.38. The monoisotopic (exact) mass is 395 g/mol. The fourth-order valence-electron chi connectivity index (χ4n) is 3.52. The molecule has 1 aliphatic heterocycles. The van der Waals surface area contributed by atoms with E-state index in [1.54, 1.807) is 12.1 Å². The summed E-state index contributed by atoms with van der Waals surface area (Å²) < 4.78 is 24.1. The van der Waals surface area contributed by atoms with Crippen LogP contribution in [0.2, 0.25) is 0 Å². The van der Waals surface area contributed by atoms with Gasteiger partial charge in [-0.2, -0.15) is 0 Å². The molecule has 0 radical (unpaired) electrons. The first-order valence-electron chi connectivity index (χ1n) is 9.80. The molecule has 0 spiro atoms. The van der Waals surface area contributed by atoms with Crippen LogP contribution in [-0.2, 0) is 13.2 Å². The van der Waals surface area contributed by atoms with Crippen LogP contribution in [0.15, 0.2) is 76.1 Å². The summed E-state index contributed by atoms with van der Waals surface area (Å²) in [5.41, 5.74) is 1.84. The van der Waals surface area contributed by atoms with E-state index in [4.69, 9.17) is 9.15 Å². The van der Waals surface area contributed by atoms with Crippen LogP contribution in [0.5, 0.6) is 5.75 Å². The molecule has 0 aliphatic carbocycles. The van der Waals surface area contributed by atoms with Crippen LogP contribution in [0.4, 0.5) is 10.1 Å². The summed E-state index contributed by atoms with van der Waals surface area (Å²) in [5.74, 6) is 0.527. The first-order chi connectivity index (χ1) is 14.2. The fraction of sp³-hybridized carbons (Fsp3) is 0.261. The van der Waals surface area contributed by atoms with E-state index in [-0.39, 0.29) is 23.6 Å². The third-order valence-electron chi connectivity index (χ3n) is 5.18. The van der Waals surface area contributed by atoms with Gasteiger partial charge in [0.1, 0.15) is 25.2 Å². The zero-order valence-electron chi connectivity index (χ0n) is 16.1. The highest BCUT2D eigenvalue weighted by Gasteiger charge is 2.21. The highest BCUT2D eigenvalue weighted by Crippen LogP contribution is 2.13. The standard InChI is InChI=1S/C23H23FN2O3/c24-19-8-6-18(7-9-19)16-29-23-17-28-21(14-22(23)27)15-25-10-12-26(13-11-25)20-4-2-1-3-5-20/h1-9,14,17H,10-13,15-16H2/p+1. The summed E-state index contributed by atoms with van der Waals surface area (Å²) in [6, 6.07) is 17.9. The number of ether oxygens (including phenoxy) is 1. The molecule has 0 atom stereocenters. The summed E-state index contributed by atoms with van der Waals surface area (Å²) in [4.78, 5) is 16.1. The van der Waals surface area contributed by atoms with E-state index in [1.165, 1.54) is 35.0 Å². The van der Waals surface area contributed by atoms with Gasteiger partial charge in [-0.25, -0.2) is 4.39 Å². The minimum atomic E-state index is -0.301. The highest BCUT2D eigenvalue weighted by atomic mass is 19.1. The predicted molar refractivity (Wildman–Crippen MR) is 109 cm³/mol. The Morgan fingerprint density at radius 2 is 1.76 bits per heavy atom. The number of halogens is 1. The minimum absolute atomic E-state index is 0.168. The Morgan fingerprint density at radius 1 is 1.03 bits per heavy atom. The number of benzene rings is 2. The Labute approximate surface area is 168 Å². The summed E-state index contributed by atoms with van der Waals surface area (Å²) in [6.45, 7) is 4.79. The highest BCUT2D eigenvalue weighted by molar-refractivity contribution is 5.46. The number of hydrogen-bond acceptors (Lipinski definition) is 4. The smallest absolute Gasteiger partial charge is 0.227 e. The van der Waals surface area contributed by atoms with Gasteiger partial charge in [-0.3, -0.25) is 4.79 Å². The lowest BCUT2D eigenvalue weighted by molar-refractivity contribution is -0.915. The number of nitrogens with one attached hydrogen (secondary N) is 1. The largest absolute Gasteiger partial charge is 0.482 e. The van der Waals surface area contributed by atoms with Crippen molar-refractivity contribution < 1.29 is 18.4 Å². The van der Waals surface area contributed by atoms with Crippen LogP contribution in [0.1, 0.15) is 11.3 Å². The molecule has 1 saturated heterocycles. The fourth-order valence-corrected chi connectivity index (χ4v) is 3.52. The zero-order chi connectivity index (χ0) is 20.1. The van der Waals surface area contributed by atoms with E-state index < -0.39 is 0 Å². The van der Waals surface area contributed by atoms with Crippen molar-refractivity contribution in [3.8, 4) is 5.75 Å². The van der Waals surface area contributed by atoms with E-state index in [1.807, 2.05) is 6.07 Å². The first kappa shape index (κ1) is 19.2. The maximum Gasteiger partial charge on any atom is 0.227 e. The van der Waals surface area contributed by atoms with Gasteiger partial charge in [0.05, 0.1) is 26.2 Å². The molecule has 4 rings (SSSR count).